The van der Waals surface area contributed by atoms with Crippen LogP contribution in [0, 0.1) is 9.49 Å². The molecule has 1 unspecified atom stereocenters. The number of halogens is 1. The molecule has 0 aliphatic heterocycles. The van der Waals surface area contributed by atoms with Gasteiger partial charge < -0.3 is 9.72 Å². The molecule has 0 saturated heterocycles. The first-order chi connectivity index (χ1) is 7.06. The lowest BCUT2D eigenvalue weighted by Crippen LogP contribution is -2.20. The van der Waals surface area contributed by atoms with Gasteiger partial charge in [-0.3, -0.25) is 4.79 Å². The van der Waals surface area contributed by atoms with E-state index in [2.05, 4.69) is 9.97 Å². The van der Waals surface area contributed by atoms with Crippen LogP contribution in [0.15, 0.2) is 11.0 Å². The van der Waals surface area contributed by atoms with E-state index in [-0.39, 0.29) is 17.6 Å². The van der Waals surface area contributed by atoms with E-state index in [1.165, 1.54) is 0 Å². The van der Waals surface area contributed by atoms with Gasteiger partial charge >= 0.3 is 0 Å². The molecule has 1 rings (SSSR count). The molecule has 0 aromatic carbocycles. The van der Waals surface area contributed by atoms with Gasteiger partial charge in [0.05, 0.1) is 3.57 Å². The molecule has 0 fully saturated rings. The Morgan fingerprint density at radius 1 is 1.60 bits per heavy atom. The zero-order valence-corrected chi connectivity index (χ0v) is 11.2. The molecular formula is C10H15IN2O2. The Labute approximate surface area is 103 Å². The van der Waals surface area contributed by atoms with Gasteiger partial charge in [0.1, 0.15) is 11.9 Å². The summed E-state index contributed by atoms with van der Waals surface area (Å²) in [5.74, 6) is 0.894. The minimum absolute atomic E-state index is 0.106. The van der Waals surface area contributed by atoms with Crippen molar-refractivity contribution in [3.63, 3.8) is 0 Å². The van der Waals surface area contributed by atoms with Crippen LogP contribution in [0.25, 0.3) is 0 Å². The van der Waals surface area contributed by atoms with Crippen LogP contribution >= 0.6 is 22.6 Å². The van der Waals surface area contributed by atoms with Crippen LogP contribution in [-0.2, 0) is 4.74 Å². The Morgan fingerprint density at radius 2 is 2.27 bits per heavy atom. The average molecular weight is 322 g/mol. The van der Waals surface area contributed by atoms with Crippen molar-refractivity contribution in [3.8, 4) is 0 Å². The van der Waals surface area contributed by atoms with E-state index in [4.69, 9.17) is 4.74 Å². The van der Waals surface area contributed by atoms with Gasteiger partial charge in [0.2, 0.25) is 0 Å². The summed E-state index contributed by atoms with van der Waals surface area (Å²) >= 11 is 1.96. The molecule has 1 heterocycles. The fourth-order valence-corrected chi connectivity index (χ4v) is 1.58. The third kappa shape index (κ3) is 3.27. The van der Waals surface area contributed by atoms with Crippen molar-refractivity contribution >= 4 is 22.6 Å². The highest BCUT2D eigenvalue weighted by Crippen LogP contribution is 2.21. The number of nitrogens with one attached hydrogen (secondary N) is 1. The summed E-state index contributed by atoms with van der Waals surface area (Å²) in [7, 11) is 0. The summed E-state index contributed by atoms with van der Waals surface area (Å²) in [6.45, 7) is 6.62. The van der Waals surface area contributed by atoms with Crippen molar-refractivity contribution in [1.29, 1.82) is 0 Å². The maximum Gasteiger partial charge on any atom is 0.264 e. The number of ether oxygens (including phenoxy) is 1. The van der Waals surface area contributed by atoms with Gasteiger partial charge in [-0.15, -0.1) is 0 Å². The summed E-state index contributed by atoms with van der Waals surface area (Å²) in [5.41, 5.74) is -0.106. The quantitative estimate of drug-likeness (QED) is 0.864. The number of nitrogens with zero attached hydrogens (tertiary/aromatic N) is 1. The summed E-state index contributed by atoms with van der Waals surface area (Å²) in [5, 5.41) is 0. The van der Waals surface area contributed by atoms with Crippen LogP contribution in [0.5, 0.6) is 0 Å². The van der Waals surface area contributed by atoms with Gasteiger partial charge in [-0.05, 0) is 35.4 Å². The van der Waals surface area contributed by atoms with Gasteiger partial charge in [-0.1, -0.05) is 13.8 Å². The van der Waals surface area contributed by atoms with Crippen molar-refractivity contribution in [1.82, 2.24) is 9.97 Å². The smallest absolute Gasteiger partial charge is 0.264 e. The number of aromatic amines is 1. The first-order valence-electron chi connectivity index (χ1n) is 4.92. The molecule has 4 nitrogen and oxygen atoms in total. The van der Waals surface area contributed by atoms with Crippen LogP contribution in [-0.4, -0.2) is 16.6 Å². The van der Waals surface area contributed by atoms with E-state index >= 15 is 0 Å². The second-order valence-corrected chi connectivity index (χ2v) is 4.73. The molecule has 0 bridgehead atoms. The standard InChI is InChI=1S/C10H15IN2O2/c1-4-15-8(6(2)3)9-12-5-7(11)10(14)13-9/h5-6,8H,4H2,1-3H3,(H,12,13,14). The predicted octanol–water partition coefficient (Wildman–Crippen LogP) is 2.11. The summed E-state index contributed by atoms with van der Waals surface area (Å²) in [4.78, 5) is 18.3. The fourth-order valence-electron chi connectivity index (χ4n) is 1.30. The van der Waals surface area contributed by atoms with E-state index in [1.807, 2.05) is 43.4 Å². The maximum atomic E-state index is 11.4. The zero-order chi connectivity index (χ0) is 11.4. The number of rotatable bonds is 4. The number of hydrogen-bond acceptors (Lipinski definition) is 3. The van der Waals surface area contributed by atoms with E-state index < -0.39 is 0 Å². The summed E-state index contributed by atoms with van der Waals surface area (Å²) < 4.78 is 6.14. The van der Waals surface area contributed by atoms with Gasteiger partial charge in [0.25, 0.3) is 5.56 Å². The molecular weight excluding hydrogens is 307 g/mol. The normalized spacial score (nSPS) is 13.1. The van der Waals surface area contributed by atoms with Crippen LogP contribution < -0.4 is 5.56 Å². The summed E-state index contributed by atoms with van der Waals surface area (Å²) in [6, 6.07) is 0. The first kappa shape index (κ1) is 12.6. The van der Waals surface area contributed by atoms with Crippen molar-refractivity contribution in [2.24, 2.45) is 5.92 Å². The lowest BCUT2D eigenvalue weighted by Gasteiger charge is -2.19. The minimum Gasteiger partial charge on any atom is -0.370 e. The molecule has 1 N–H and O–H groups in total. The molecule has 0 amide bonds. The minimum atomic E-state index is -0.139. The molecule has 0 aliphatic rings. The number of aromatic nitrogens is 2. The predicted molar refractivity (Wildman–Crippen MR) is 66.8 cm³/mol. The molecule has 1 aromatic rings. The fraction of sp³-hybridized carbons (Fsp3) is 0.600. The van der Waals surface area contributed by atoms with E-state index in [0.717, 1.165) is 0 Å². The van der Waals surface area contributed by atoms with Crippen LogP contribution in [0.4, 0.5) is 0 Å². The topological polar surface area (TPSA) is 55.0 Å². The van der Waals surface area contributed by atoms with Gasteiger partial charge in [0.15, 0.2) is 0 Å². The highest BCUT2D eigenvalue weighted by molar-refractivity contribution is 14.1. The number of hydrogen-bond donors (Lipinski definition) is 1. The summed E-state index contributed by atoms with van der Waals surface area (Å²) in [6.07, 6.45) is 1.43. The molecule has 5 heteroatoms. The average Bonchev–Trinajstić information content (AvgIpc) is 2.18. The van der Waals surface area contributed by atoms with Gasteiger partial charge in [-0.25, -0.2) is 4.98 Å². The maximum absolute atomic E-state index is 11.4. The van der Waals surface area contributed by atoms with E-state index in [1.54, 1.807) is 6.20 Å². The Bertz CT molecular complexity index is 376. The third-order valence-corrected chi connectivity index (χ3v) is 2.77. The number of H-pyrrole nitrogens is 1. The Balaban J connectivity index is 3.01. The lowest BCUT2D eigenvalue weighted by atomic mass is 10.1. The van der Waals surface area contributed by atoms with E-state index in [9.17, 15) is 4.79 Å². The molecule has 1 aromatic heterocycles. The molecule has 0 spiro atoms. The van der Waals surface area contributed by atoms with Crippen LogP contribution in [0.3, 0.4) is 0 Å². The molecule has 0 aliphatic carbocycles. The highest BCUT2D eigenvalue weighted by Gasteiger charge is 2.18. The first-order valence-corrected chi connectivity index (χ1v) is 6.00. The Morgan fingerprint density at radius 3 is 2.73 bits per heavy atom. The van der Waals surface area contributed by atoms with Crippen molar-refractivity contribution in [2.45, 2.75) is 26.9 Å². The van der Waals surface area contributed by atoms with Gasteiger partial charge in [0, 0.05) is 12.8 Å². The highest BCUT2D eigenvalue weighted by atomic mass is 127. The second kappa shape index (κ2) is 5.60. The Hall–Kier alpha value is -0.430. The molecule has 0 saturated carbocycles. The van der Waals surface area contributed by atoms with Crippen molar-refractivity contribution < 1.29 is 4.74 Å². The largest absolute Gasteiger partial charge is 0.370 e. The molecule has 1 atom stereocenters. The third-order valence-electron chi connectivity index (χ3n) is 2.00. The van der Waals surface area contributed by atoms with Crippen LogP contribution in [0.2, 0.25) is 0 Å². The lowest BCUT2D eigenvalue weighted by molar-refractivity contribution is 0.0230. The zero-order valence-electron chi connectivity index (χ0n) is 9.08. The monoisotopic (exact) mass is 322 g/mol. The van der Waals surface area contributed by atoms with Gasteiger partial charge in [-0.2, -0.15) is 0 Å². The van der Waals surface area contributed by atoms with Crippen LogP contribution in [0.1, 0.15) is 32.7 Å². The Kier molecular flexibility index (Phi) is 4.72. The SMILES string of the molecule is CCOC(c1ncc(I)c(=O)[nH]1)C(C)C. The van der Waals surface area contributed by atoms with Crippen molar-refractivity contribution in [3.05, 3.63) is 25.9 Å². The molecule has 15 heavy (non-hydrogen) atoms. The van der Waals surface area contributed by atoms with E-state index in [0.29, 0.717) is 16.0 Å². The molecule has 0 radical (unpaired) electrons. The van der Waals surface area contributed by atoms with Crippen molar-refractivity contribution in [2.75, 3.05) is 6.61 Å². The molecule has 84 valence electrons. The second-order valence-electron chi connectivity index (χ2n) is 3.57.